The minimum absolute atomic E-state index is 0.225. The lowest BCUT2D eigenvalue weighted by Crippen LogP contribution is -2.45. The number of hydrogen-bond acceptors (Lipinski definition) is 3. The predicted octanol–water partition coefficient (Wildman–Crippen LogP) is 2.02. The lowest BCUT2D eigenvalue weighted by Gasteiger charge is -2.39. The molecule has 2 aliphatic rings. The average Bonchev–Trinajstić information content (AvgIpc) is 3.10. The van der Waals surface area contributed by atoms with Crippen molar-refractivity contribution >= 4 is 17.7 Å². The van der Waals surface area contributed by atoms with Crippen LogP contribution in [0.1, 0.15) is 39.5 Å². The van der Waals surface area contributed by atoms with Crippen molar-refractivity contribution in [2.24, 2.45) is 11.8 Å². The maximum absolute atomic E-state index is 11.7. The van der Waals surface area contributed by atoms with Crippen molar-refractivity contribution in [3.63, 3.8) is 0 Å². The second kappa shape index (κ2) is 6.29. The van der Waals surface area contributed by atoms with Crippen molar-refractivity contribution < 1.29 is 4.79 Å². The van der Waals surface area contributed by atoms with Crippen LogP contribution in [0, 0.1) is 11.8 Å². The molecule has 0 aromatic carbocycles. The Balaban J connectivity index is 1.79. The van der Waals surface area contributed by atoms with Crippen LogP contribution in [0.3, 0.4) is 0 Å². The zero-order chi connectivity index (χ0) is 13.1. The van der Waals surface area contributed by atoms with E-state index in [1.807, 2.05) is 18.8 Å². The molecule has 0 heterocycles. The quantitative estimate of drug-likeness (QED) is 0.803. The van der Waals surface area contributed by atoms with Crippen LogP contribution < -0.4 is 10.6 Å². The van der Waals surface area contributed by atoms with E-state index < -0.39 is 0 Å². The van der Waals surface area contributed by atoms with Gasteiger partial charge >= 0.3 is 0 Å². The van der Waals surface area contributed by atoms with E-state index in [0.717, 1.165) is 5.92 Å². The van der Waals surface area contributed by atoms with Gasteiger partial charge in [-0.3, -0.25) is 4.79 Å². The summed E-state index contributed by atoms with van der Waals surface area (Å²) in [5, 5.41) is 7.09. The highest BCUT2D eigenvalue weighted by atomic mass is 32.2. The number of thioether (sulfide) groups is 1. The van der Waals surface area contributed by atoms with Crippen molar-refractivity contribution in [3.05, 3.63) is 0 Å². The highest BCUT2D eigenvalue weighted by molar-refractivity contribution is 8.00. The van der Waals surface area contributed by atoms with Crippen LogP contribution in [-0.4, -0.2) is 36.0 Å². The molecule has 3 nitrogen and oxygen atoms in total. The number of amides is 1. The van der Waals surface area contributed by atoms with Crippen molar-refractivity contribution in [3.8, 4) is 0 Å². The molecule has 2 aliphatic carbocycles. The van der Waals surface area contributed by atoms with E-state index in [9.17, 15) is 4.79 Å². The van der Waals surface area contributed by atoms with Crippen molar-refractivity contribution in [2.45, 2.75) is 56.9 Å². The van der Waals surface area contributed by atoms with Gasteiger partial charge in [0.2, 0.25) is 5.91 Å². The molecular formula is C14H26N2OS. The van der Waals surface area contributed by atoms with Gasteiger partial charge in [0.25, 0.3) is 0 Å². The third kappa shape index (κ3) is 3.89. The van der Waals surface area contributed by atoms with Crippen LogP contribution >= 0.6 is 11.8 Å². The first kappa shape index (κ1) is 14.2. The van der Waals surface area contributed by atoms with Crippen LogP contribution in [0.2, 0.25) is 0 Å². The van der Waals surface area contributed by atoms with Crippen molar-refractivity contribution in [1.29, 1.82) is 0 Å². The van der Waals surface area contributed by atoms with Gasteiger partial charge in [-0.15, -0.1) is 11.8 Å². The number of carbonyl (C=O) groups excluding carboxylic acids is 1. The molecule has 1 amide bonds. The molecule has 2 saturated carbocycles. The summed E-state index contributed by atoms with van der Waals surface area (Å²) in [5.74, 6) is 2.35. The molecule has 0 radical (unpaired) electrons. The summed E-state index contributed by atoms with van der Waals surface area (Å²) >= 11 is 1.84. The van der Waals surface area contributed by atoms with Crippen molar-refractivity contribution in [1.82, 2.24) is 10.6 Å². The molecule has 0 saturated heterocycles. The zero-order valence-electron chi connectivity index (χ0n) is 11.7. The average molecular weight is 270 g/mol. The Bertz CT molecular complexity index is 294. The first-order valence-electron chi connectivity index (χ1n) is 7.18. The van der Waals surface area contributed by atoms with Crippen molar-refractivity contribution in [2.75, 3.05) is 12.8 Å². The third-order valence-corrected chi connectivity index (χ3v) is 5.71. The minimum Gasteiger partial charge on any atom is -0.353 e. The molecule has 0 bridgehead atoms. The molecule has 4 heteroatoms. The zero-order valence-corrected chi connectivity index (χ0v) is 12.6. The summed E-state index contributed by atoms with van der Waals surface area (Å²) in [6, 6.07) is 1.05. The Morgan fingerprint density at radius 1 is 1.28 bits per heavy atom. The van der Waals surface area contributed by atoms with Gasteiger partial charge in [-0.25, -0.2) is 0 Å². The van der Waals surface area contributed by atoms with Gasteiger partial charge in [-0.2, -0.15) is 0 Å². The molecule has 4 unspecified atom stereocenters. The fraction of sp³-hybridized carbons (Fsp3) is 0.929. The second-order valence-corrected chi connectivity index (χ2v) is 7.23. The maximum Gasteiger partial charge on any atom is 0.230 e. The summed E-state index contributed by atoms with van der Waals surface area (Å²) in [6.45, 7) is 4.66. The van der Waals surface area contributed by atoms with E-state index in [0.29, 0.717) is 29.0 Å². The molecule has 2 fully saturated rings. The largest absolute Gasteiger partial charge is 0.353 e. The Labute approximate surface area is 115 Å². The first-order valence-corrected chi connectivity index (χ1v) is 8.23. The number of hydrogen-bond donors (Lipinski definition) is 2. The first-order chi connectivity index (χ1) is 8.60. The summed E-state index contributed by atoms with van der Waals surface area (Å²) < 4.78 is 0. The predicted molar refractivity (Wildman–Crippen MR) is 77.8 cm³/mol. The third-order valence-electron chi connectivity index (χ3n) is 4.11. The molecule has 2 rings (SSSR count). The van der Waals surface area contributed by atoms with Gasteiger partial charge in [0, 0.05) is 17.3 Å². The SMILES string of the molecule is CNC1CC(C)CC(C)C1SCC(=O)NC1CC1. The highest BCUT2D eigenvalue weighted by Gasteiger charge is 2.34. The molecular weight excluding hydrogens is 244 g/mol. The van der Waals surface area contributed by atoms with E-state index in [1.165, 1.54) is 25.7 Å². The Hall–Kier alpha value is -0.220. The monoisotopic (exact) mass is 270 g/mol. The Morgan fingerprint density at radius 3 is 2.61 bits per heavy atom. The lowest BCUT2D eigenvalue weighted by atomic mass is 9.80. The van der Waals surface area contributed by atoms with Gasteiger partial charge in [-0.05, 0) is 44.6 Å². The molecule has 104 valence electrons. The molecule has 4 atom stereocenters. The van der Waals surface area contributed by atoms with E-state index >= 15 is 0 Å². The topological polar surface area (TPSA) is 41.1 Å². The van der Waals surface area contributed by atoms with Gasteiger partial charge in [0.05, 0.1) is 5.75 Å². The van der Waals surface area contributed by atoms with Crippen LogP contribution in [0.4, 0.5) is 0 Å². The molecule has 0 aliphatic heterocycles. The fourth-order valence-electron chi connectivity index (χ4n) is 3.06. The number of carbonyl (C=O) groups is 1. The second-order valence-electron chi connectivity index (χ2n) is 6.07. The smallest absolute Gasteiger partial charge is 0.230 e. The van der Waals surface area contributed by atoms with Crippen LogP contribution in [0.5, 0.6) is 0 Å². The van der Waals surface area contributed by atoms with Gasteiger partial charge in [0.1, 0.15) is 0 Å². The molecule has 0 aromatic heterocycles. The van der Waals surface area contributed by atoms with E-state index in [-0.39, 0.29) is 5.91 Å². The van der Waals surface area contributed by atoms with Gasteiger partial charge < -0.3 is 10.6 Å². The summed E-state index contributed by atoms with van der Waals surface area (Å²) in [6.07, 6.45) is 4.88. The maximum atomic E-state index is 11.7. The van der Waals surface area contributed by atoms with Crippen LogP contribution in [-0.2, 0) is 4.79 Å². The van der Waals surface area contributed by atoms with Gasteiger partial charge in [0.15, 0.2) is 0 Å². The summed E-state index contributed by atoms with van der Waals surface area (Å²) in [7, 11) is 2.05. The number of rotatable bonds is 5. The minimum atomic E-state index is 0.225. The highest BCUT2D eigenvalue weighted by Crippen LogP contribution is 2.36. The normalized spacial score (nSPS) is 36.4. The van der Waals surface area contributed by atoms with E-state index in [2.05, 4.69) is 24.5 Å². The molecule has 18 heavy (non-hydrogen) atoms. The summed E-state index contributed by atoms with van der Waals surface area (Å²) in [5.41, 5.74) is 0. The van der Waals surface area contributed by atoms with Crippen LogP contribution in [0.25, 0.3) is 0 Å². The fourth-order valence-corrected chi connectivity index (χ4v) is 4.41. The lowest BCUT2D eigenvalue weighted by molar-refractivity contribution is -0.118. The molecule has 2 N–H and O–H groups in total. The Kier molecular flexibility index (Phi) is 4.96. The van der Waals surface area contributed by atoms with E-state index in [1.54, 1.807) is 0 Å². The summed E-state index contributed by atoms with van der Waals surface area (Å²) in [4.78, 5) is 11.7. The van der Waals surface area contributed by atoms with E-state index in [4.69, 9.17) is 0 Å². The van der Waals surface area contributed by atoms with Gasteiger partial charge in [-0.1, -0.05) is 13.8 Å². The standard InChI is InChI=1S/C14H26N2OS/c1-9-6-10(2)14(12(7-9)15-3)18-8-13(17)16-11-4-5-11/h9-12,14-15H,4-8H2,1-3H3,(H,16,17). The van der Waals surface area contributed by atoms with Crippen LogP contribution in [0.15, 0.2) is 0 Å². The molecule has 0 spiro atoms. The molecule has 0 aromatic rings. The Morgan fingerprint density at radius 2 is 2.00 bits per heavy atom. The number of nitrogens with one attached hydrogen (secondary N) is 2.